The molecule has 0 heterocycles. The van der Waals surface area contributed by atoms with Gasteiger partial charge >= 0.3 is 0 Å². The number of nitrogens with two attached hydrogens (primary N) is 1. The van der Waals surface area contributed by atoms with Gasteiger partial charge in [-0.05, 0) is 36.8 Å². The summed E-state index contributed by atoms with van der Waals surface area (Å²) in [5, 5.41) is 6.09. The van der Waals surface area contributed by atoms with E-state index in [1.807, 2.05) is 6.92 Å². The van der Waals surface area contributed by atoms with Crippen LogP contribution in [0.25, 0.3) is 0 Å². The summed E-state index contributed by atoms with van der Waals surface area (Å²) >= 11 is 10.9. The summed E-state index contributed by atoms with van der Waals surface area (Å²) in [7, 11) is 0. The van der Waals surface area contributed by atoms with Crippen molar-refractivity contribution in [1.29, 1.82) is 0 Å². The molecule has 6 heteroatoms. The summed E-state index contributed by atoms with van der Waals surface area (Å²) in [5.41, 5.74) is 6.75. The Morgan fingerprint density at radius 3 is 2.82 bits per heavy atom. The van der Waals surface area contributed by atoms with E-state index in [2.05, 4.69) is 10.6 Å². The van der Waals surface area contributed by atoms with Crippen LogP contribution in [0.1, 0.15) is 19.8 Å². The number of benzene rings is 1. The molecular formula is C11H14ClN3OS. The second kappa shape index (κ2) is 6.42. The van der Waals surface area contributed by atoms with Gasteiger partial charge in [0.25, 0.3) is 0 Å². The van der Waals surface area contributed by atoms with E-state index in [0.717, 1.165) is 6.42 Å². The smallest absolute Gasteiger partial charge is 0.226 e. The molecule has 0 unspecified atom stereocenters. The molecule has 17 heavy (non-hydrogen) atoms. The average molecular weight is 272 g/mol. The molecule has 0 bridgehead atoms. The van der Waals surface area contributed by atoms with Crippen molar-refractivity contribution < 1.29 is 4.79 Å². The molecule has 0 aliphatic rings. The molecule has 0 fully saturated rings. The Morgan fingerprint density at radius 1 is 1.53 bits per heavy atom. The Bertz CT molecular complexity index is 437. The molecule has 1 amide bonds. The molecule has 1 aromatic carbocycles. The van der Waals surface area contributed by atoms with Gasteiger partial charge in [0, 0.05) is 12.1 Å². The zero-order valence-corrected chi connectivity index (χ0v) is 11.0. The van der Waals surface area contributed by atoms with Gasteiger partial charge in [-0.25, -0.2) is 0 Å². The predicted octanol–water partition coefficient (Wildman–Crippen LogP) is 2.54. The third-order valence-corrected chi connectivity index (χ3v) is 2.49. The van der Waals surface area contributed by atoms with Crippen LogP contribution in [0.15, 0.2) is 18.2 Å². The summed E-state index contributed by atoms with van der Waals surface area (Å²) in [4.78, 5) is 11.3. The van der Waals surface area contributed by atoms with Crippen molar-refractivity contribution in [2.45, 2.75) is 19.8 Å². The van der Waals surface area contributed by atoms with Crippen molar-refractivity contribution in [3.05, 3.63) is 23.2 Å². The first-order valence-corrected chi connectivity index (χ1v) is 5.97. The Labute approximate surface area is 111 Å². The van der Waals surface area contributed by atoms with Crippen LogP contribution >= 0.6 is 23.8 Å². The van der Waals surface area contributed by atoms with E-state index < -0.39 is 0 Å². The monoisotopic (exact) mass is 271 g/mol. The van der Waals surface area contributed by atoms with E-state index >= 15 is 0 Å². The SMILES string of the molecule is CCCC(=O)NC(=S)Nc1ccc(N)cc1Cl. The minimum absolute atomic E-state index is 0.114. The van der Waals surface area contributed by atoms with Crippen LogP contribution < -0.4 is 16.4 Å². The van der Waals surface area contributed by atoms with Gasteiger partial charge < -0.3 is 16.4 Å². The molecule has 0 saturated heterocycles. The highest BCUT2D eigenvalue weighted by atomic mass is 35.5. The van der Waals surface area contributed by atoms with E-state index in [-0.39, 0.29) is 11.0 Å². The number of hydrogen-bond donors (Lipinski definition) is 3. The van der Waals surface area contributed by atoms with Crippen LogP contribution in [0.5, 0.6) is 0 Å². The van der Waals surface area contributed by atoms with Crippen molar-refractivity contribution in [1.82, 2.24) is 5.32 Å². The lowest BCUT2D eigenvalue weighted by atomic mass is 10.3. The molecule has 1 aromatic rings. The lowest BCUT2D eigenvalue weighted by Crippen LogP contribution is -2.33. The molecule has 0 radical (unpaired) electrons. The third-order valence-electron chi connectivity index (χ3n) is 1.97. The van der Waals surface area contributed by atoms with E-state index in [1.165, 1.54) is 0 Å². The molecule has 4 nitrogen and oxygen atoms in total. The molecular weight excluding hydrogens is 258 g/mol. The zero-order chi connectivity index (χ0) is 12.8. The van der Waals surface area contributed by atoms with Crippen LogP contribution in [0.4, 0.5) is 11.4 Å². The van der Waals surface area contributed by atoms with Gasteiger partial charge in [0.05, 0.1) is 10.7 Å². The van der Waals surface area contributed by atoms with Crippen molar-refractivity contribution in [3.63, 3.8) is 0 Å². The molecule has 0 aromatic heterocycles. The largest absolute Gasteiger partial charge is 0.399 e. The number of nitrogen functional groups attached to an aromatic ring is 1. The van der Waals surface area contributed by atoms with Crippen LogP contribution in [-0.2, 0) is 4.79 Å². The number of carbonyl (C=O) groups is 1. The normalized spacial score (nSPS) is 9.76. The number of thiocarbonyl (C=S) groups is 1. The standard InChI is InChI=1S/C11H14ClN3OS/c1-2-3-10(16)15-11(17)14-9-5-4-7(13)6-8(9)12/h4-6H,2-3,13H2,1H3,(H2,14,15,16,17). The van der Waals surface area contributed by atoms with Gasteiger partial charge in [-0.3, -0.25) is 4.79 Å². The van der Waals surface area contributed by atoms with Gasteiger partial charge in [-0.15, -0.1) is 0 Å². The first-order valence-electron chi connectivity index (χ1n) is 5.18. The Hall–Kier alpha value is -1.33. The van der Waals surface area contributed by atoms with Crippen LogP contribution in [0, 0.1) is 0 Å². The number of carbonyl (C=O) groups excluding carboxylic acids is 1. The van der Waals surface area contributed by atoms with Gasteiger partial charge in [-0.1, -0.05) is 18.5 Å². The van der Waals surface area contributed by atoms with Crippen molar-refractivity contribution in [2.75, 3.05) is 11.1 Å². The second-order valence-electron chi connectivity index (χ2n) is 3.49. The molecule has 1 rings (SSSR count). The first-order chi connectivity index (χ1) is 8.02. The van der Waals surface area contributed by atoms with Crippen LogP contribution in [0.2, 0.25) is 5.02 Å². The maximum absolute atomic E-state index is 11.3. The van der Waals surface area contributed by atoms with E-state index in [4.69, 9.17) is 29.6 Å². The third kappa shape index (κ3) is 4.58. The number of amides is 1. The topological polar surface area (TPSA) is 67.2 Å². The summed E-state index contributed by atoms with van der Waals surface area (Å²) in [6, 6.07) is 5.01. The summed E-state index contributed by atoms with van der Waals surface area (Å²) in [5.74, 6) is -0.114. The lowest BCUT2D eigenvalue weighted by molar-refractivity contribution is -0.119. The fraction of sp³-hybridized carbons (Fsp3) is 0.273. The number of hydrogen-bond acceptors (Lipinski definition) is 3. The Kier molecular flexibility index (Phi) is 5.18. The highest BCUT2D eigenvalue weighted by molar-refractivity contribution is 7.80. The van der Waals surface area contributed by atoms with Gasteiger partial charge in [0.15, 0.2) is 5.11 Å². The van der Waals surface area contributed by atoms with Gasteiger partial charge in [-0.2, -0.15) is 0 Å². The van der Waals surface area contributed by atoms with E-state index in [9.17, 15) is 4.79 Å². The minimum Gasteiger partial charge on any atom is -0.399 e. The summed E-state index contributed by atoms with van der Waals surface area (Å²) in [6.07, 6.45) is 1.22. The second-order valence-corrected chi connectivity index (χ2v) is 4.31. The zero-order valence-electron chi connectivity index (χ0n) is 9.42. The molecule has 4 N–H and O–H groups in total. The van der Waals surface area contributed by atoms with Crippen molar-refractivity contribution in [3.8, 4) is 0 Å². The Morgan fingerprint density at radius 2 is 2.24 bits per heavy atom. The minimum atomic E-state index is -0.114. The summed E-state index contributed by atoms with van der Waals surface area (Å²) < 4.78 is 0. The van der Waals surface area contributed by atoms with Gasteiger partial charge in [0.2, 0.25) is 5.91 Å². The highest BCUT2D eigenvalue weighted by Crippen LogP contribution is 2.23. The average Bonchev–Trinajstić information content (AvgIpc) is 2.22. The molecule has 92 valence electrons. The van der Waals surface area contributed by atoms with Gasteiger partial charge in [0.1, 0.15) is 0 Å². The quantitative estimate of drug-likeness (QED) is 0.584. The van der Waals surface area contributed by atoms with Crippen molar-refractivity contribution in [2.24, 2.45) is 0 Å². The molecule has 0 aliphatic heterocycles. The first kappa shape index (κ1) is 13.7. The maximum atomic E-state index is 11.3. The lowest BCUT2D eigenvalue weighted by Gasteiger charge is -2.10. The molecule has 0 atom stereocenters. The summed E-state index contributed by atoms with van der Waals surface area (Å²) in [6.45, 7) is 1.92. The number of anilines is 2. The highest BCUT2D eigenvalue weighted by Gasteiger charge is 2.06. The van der Waals surface area contributed by atoms with Crippen molar-refractivity contribution >= 4 is 46.2 Å². The molecule has 0 saturated carbocycles. The number of nitrogens with one attached hydrogen (secondary N) is 2. The fourth-order valence-electron chi connectivity index (χ4n) is 1.20. The van der Waals surface area contributed by atoms with E-state index in [0.29, 0.717) is 22.8 Å². The van der Waals surface area contributed by atoms with Crippen LogP contribution in [-0.4, -0.2) is 11.0 Å². The predicted molar refractivity (Wildman–Crippen MR) is 75.1 cm³/mol. The van der Waals surface area contributed by atoms with E-state index in [1.54, 1.807) is 18.2 Å². The molecule has 0 spiro atoms. The number of halogens is 1. The number of rotatable bonds is 3. The van der Waals surface area contributed by atoms with Crippen LogP contribution in [0.3, 0.4) is 0 Å². The molecule has 0 aliphatic carbocycles. The Balaban J connectivity index is 2.59. The fourth-order valence-corrected chi connectivity index (χ4v) is 1.66. The maximum Gasteiger partial charge on any atom is 0.226 e.